The Kier molecular flexibility index (Phi) is 0.714. The summed E-state index contributed by atoms with van der Waals surface area (Å²) >= 11 is 0. The number of aromatic hydroxyl groups is 1. The van der Waals surface area contributed by atoms with Gasteiger partial charge >= 0.3 is 6.01 Å². The number of rotatable bonds is 0. The average molecular weight is 98.1 g/mol. The van der Waals surface area contributed by atoms with Crippen molar-refractivity contribution in [1.82, 2.24) is 14.8 Å². The van der Waals surface area contributed by atoms with Gasteiger partial charge in [-0.15, -0.1) is 5.10 Å². The summed E-state index contributed by atoms with van der Waals surface area (Å²) in [6.45, 7) is 0. The quantitative estimate of drug-likeness (QED) is 0.467. The second-order valence-electron chi connectivity index (χ2n) is 1.14. The van der Waals surface area contributed by atoms with Gasteiger partial charge in [0.2, 0.25) is 0 Å². The van der Waals surface area contributed by atoms with Crippen LogP contribution in [0.25, 0.3) is 0 Å². The predicted octanol–water partition coefficient (Wildman–Crippen LogP) is -0.679. The minimum atomic E-state index is -0.234. The lowest BCUT2D eigenvalue weighted by Crippen LogP contribution is -1.85. The molecule has 0 amide bonds. The van der Waals surface area contributed by atoms with E-state index in [0.29, 0.717) is 0 Å². The molecule has 0 saturated heterocycles. The Morgan fingerprint density at radius 2 is 2.57 bits per heavy atom. The number of hydrogen-bond donors (Lipinski definition) is 1. The van der Waals surface area contributed by atoms with E-state index >= 15 is 0 Å². The van der Waals surface area contributed by atoms with Crippen molar-refractivity contribution in [3.05, 3.63) is 6.33 Å². The first-order valence-electron chi connectivity index (χ1n) is 1.77. The number of aromatic nitrogens is 3. The molecule has 1 heterocycles. The van der Waals surface area contributed by atoms with Crippen molar-refractivity contribution >= 4 is 0 Å². The van der Waals surface area contributed by atoms with Gasteiger partial charge in [-0.2, -0.15) is 4.98 Å². The molecule has 1 aromatic rings. The zero-order valence-electron chi connectivity index (χ0n) is 3.79. The lowest BCUT2D eigenvalue weighted by molar-refractivity contribution is 0.427. The zero-order valence-corrected chi connectivity index (χ0v) is 3.79. The highest BCUT2D eigenvalue weighted by Crippen LogP contribution is 1.89. The molecule has 4 heteroatoms. The molecule has 1 aromatic heterocycles. The van der Waals surface area contributed by atoms with Crippen LogP contribution in [0.15, 0.2) is 0 Å². The van der Waals surface area contributed by atoms with E-state index in [9.17, 15) is 0 Å². The van der Waals surface area contributed by atoms with Gasteiger partial charge in [0.1, 0.15) is 0 Å². The molecule has 1 rings (SSSR count). The number of hydrogen-bond acceptors (Lipinski definition) is 3. The summed E-state index contributed by atoms with van der Waals surface area (Å²) in [6, 6.07) is -0.234. The molecule has 0 fully saturated rings. The van der Waals surface area contributed by atoms with Crippen LogP contribution in [-0.2, 0) is 7.05 Å². The van der Waals surface area contributed by atoms with Crippen LogP contribution in [0.3, 0.4) is 0 Å². The summed E-state index contributed by atoms with van der Waals surface area (Å²) in [5.74, 6) is 0. The lowest BCUT2D eigenvalue weighted by Gasteiger charge is -1.75. The third-order valence-electron chi connectivity index (χ3n) is 0.534. The summed E-state index contributed by atoms with van der Waals surface area (Å²) in [5, 5.41) is 11.8. The molecule has 37 valence electrons. The van der Waals surface area contributed by atoms with Gasteiger partial charge < -0.3 is 5.11 Å². The Morgan fingerprint density at radius 3 is 2.71 bits per heavy atom. The maximum Gasteiger partial charge on any atom is 0.333 e. The minimum absolute atomic E-state index is 0.234. The van der Waals surface area contributed by atoms with Crippen molar-refractivity contribution in [1.29, 1.82) is 0 Å². The largest absolute Gasteiger partial charge is 0.478 e. The van der Waals surface area contributed by atoms with Gasteiger partial charge in [-0.1, -0.05) is 0 Å². The predicted molar refractivity (Wildman–Crippen MR) is 21.5 cm³/mol. The maximum atomic E-state index is 8.38. The molecule has 4 nitrogen and oxygen atoms in total. The van der Waals surface area contributed by atoms with E-state index in [4.69, 9.17) is 5.11 Å². The fourth-order valence-electron chi connectivity index (χ4n) is 0.296. The lowest BCUT2D eigenvalue weighted by atomic mass is 11.2. The average Bonchev–Trinajstić information content (AvgIpc) is 1.87. The Hall–Kier alpha value is -1.06. The molecular formula is C3H4N3O. The molecule has 1 N–H and O–H groups in total. The van der Waals surface area contributed by atoms with E-state index in [0.717, 1.165) is 0 Å². The first-order valence-corrected chi connectivity index (χ1v) is 1.77. The van der Waals surface area contributed by atoms with Crippen LogP contribution in [0.5, 0.6) is 6.01 Å². The van der Waals surface area contributed by atoms with E-state index < -0.39 is 0 Å². The van der Waals surface area contributed by atoms with Gasteiger partial charge in [0.05, 0.1) is 0 Å². The van der Waals surface area contributed by atoms with E-state index in [1.54, 1.807) is 7.05 Å². The molecule has 0 spiro atoms. The highest BCUT2D eigenvalue weighted by atomic mass is 16.3. The van der Waals surface area contributed by atoms with Crippen LogP contribution in [0.4, 0.5) is 0 Å². The summed E-state index contributed by atoms with van der Waals surface area (Å²) in [5.41, 5.74) is 0. The molecular weight excluding hydrogens is 94.1 g/mol. The summed E-state index contributed by atoms with van der Waals surface area (Å²) in [4.78, 5) is 3.30. The van der Waals surface area contributed by atoms with Crippen molar-refractivity contribution in [2.45, 2.75) is 0 Å². The Bertz CT molecular complexity index is 142. The van der Waals surface area contributed by atoms with E-state index in [-0.39, 0.29) is 6.01 Å². The van der Waals surface area contributed by atoms with Crippen molar-refractivity contribution in [3.8, 4) is 6.01 Å². The zero-order chi connectivity index (χ0) is 5.28. The normalized spacial score (nSPS) is 9.29. The fraction of sp³-hybridized carbons (Fsp3) is 0.333. The highest BCUT2D eigenvalue weighted by molar-refractivity contribution is 4.80. The SMILES string of the molecule is Cn1[c]nc(O)n1. The van der Waals surface area contributed by atoms with Crippen molar-refractivity contribution < 1.29 is 5.11 Å². The molecule has 0 atom stereocenters. The van der Waals surface area contributed by atoms with Crippen LogP contribution in [-0.4, -0.2) is 19.9 Å². The third-order valence-corrected chi connectivity index (χ3v) is 0.534. The molecule has 0 aliphatic heterocycles. The third kappa shape index (κ3) is 0.677. The molecule has 0 bridgehead atoms. The van der Waals surface area contributed by atoms with Gasteiger partial charge in [-0.25, -0.2) is 4.68 Å². The molecule has 0 aromatic carbocycles. The fourth-order valence-corrected chi connectivity index (χ4v) is 0.296. The molecule has 0 saturated carbocycles. The second kappa shape index (κ2) is 1.22. The van der Waals surface area contributed by atoms with Crippen LogP contribution >= 0.6 is 0 Å². The van der Waals surface area contributed by atoms with Crippen LogP contribution < -0.4 is 0 Å². The molecule has 7 heavy (non-hydrogen) atoms. The van der Waals surface area contributed by atoms with Gasteiger partial charge in [0, 0.05) is 7.05 Å². The second-order valence-corrected chi connectivity index (χ2v) is 1.14. The minimum Gasteiger partial charge on any atom is -0.478 e. The van der Waals surface area contributed by atoms with Crippen LogP contribution in [0, 0.1) is 6.33 Å². The van der Waals surface area contributed by atoms with Crippen LogP contribution in [0.2, 0.25) is 0 Å². The molecule has 0 unspecified atom stereocenters. The molecule has 0 aliphatic rings. The summed E-state index contributed by atoms with van der Waals surface area (Å²) in [6.07, 6.45) is 2.37. The monoisotopic (exact) mass is 98.0 g/mol. The van der Waals surface area contributed by atoms with Gasteiger partial charge in [0.25, 0.3) is 0 Å². The van der Waals surface area contributed by atoms with E-state index in [2.05, 4.69) is 16.4 Å². The smallest absolute Gasteiger partial charge is 0.333 e. The molecule has 1 radical (unpaired) electrons. The van der Waals surface area contributed by atoms with Crippen molar-refractivity contribution in [2.24, 2.45) is 7.05 Å². The first kappa shape index (κ1) is 4.11. The summed E-state index contributed by atoms with van der Waals surface area (Å²) < 4.78 is 1.30. The van der Waals surface area contributed by atoms with Crippen molar-refractivity contribution in [2.75, 3.05) is 0 Å². The Labute approximate surface area is 40.4 Å². The topological polar surface area (TPSA) is 50.9 Å². The standard InChI is InChI=1S/C3H4N3O/c1-6-2-4-3(7)5-6/h1H3,(H,5,7). The van der Waals surface area contributed by atoms with Crippen LogP contribution in [0.1, 0.15) is 0 Å². The van der Waals surface area contributed by atoms with Gasteiger partial charge in [-0.05, 0) is 0 Å². The Morgan fingerprint density at radius 1 is 1.86 bits per heavy atom. The Balaban J connectivity index is 3.04. The number of aryl methyl sites for hydroxylation is 1. The van der Waals surface area contributed by atoms with E-state index in [1.807, 2.05) is 0 Å². The first-order chi connectivity index (χ1) is 3.29. The summed E-state index contributed by atoms with van der Waals surface area (Å²) in [7, 11) is 1.63. The number of nitrogens with zero attached hydrogens (tertiary/aromatic N) is 3. The maximum absolute atomic E-state index is 8.38. The van der Waals surface area contributed by atoms with Gasteiger partial charge in [-0.3, -0.25) is 0 Å². The molecule has 0 aliphatic carbocycles. The van der Waals surface area contributed by atoms with Crippen molar-refractivity contribution in [3.63, 3.8) is 0 Å². The highest BCUT2D eigenvalue weighted by Gasteiger charge is 1.88. The van der Waals surface area contributed by atoms with Gasteiger partial charge in [0.15, 0.2) is 6.33 Å². The van der Waals surface area contributed by atoms with E-state index in [1.165, 1.54) is 4.68 Å².